The summed E-state index contributed by atoms with van der Waals surface area (Å²) in [6, 6.07) is 4.58. The number of amides is 2. The van der Waals surface area contributed by atoms with Crippen LogP contribution in [0, 0.1) is 0 Å². The lowest BCUT2D eigenvalue weighted by Crippen LogP contribution is -2.44. The van der Waals surface area contributed by atoms with Crippen LogP contribution in [0.25, 0.3) is 0 Å². The van der Waals surface area contributed by atoms with Gasteiger partial charge in [-0.15, -0.1) is 0 Å². The van der Waals surface area contributed by atoms with E-state index in [0.717, 1.165) is 25.7 Å². The van der Waals surface area contributed by atoms with Crippen LogP contribution in [0.3, 0.4) is 0 Å². The third-order valence-corrected chi connectivity index (χ3v) is 3.90. The normalized spacial score (nSPS) is 19.6. The number of hydrogen-bond acceptors (Lipinski definition) is 2. The average Bonchev–Trinajstić information content (AvgIpc) is 2.62. The molecular weight excluding hydrogens is 299 g/mol. The van der Waals surface area contributed by atoms with Crippen LogP contribution in [-0.4, -0.2) is 35.2 Å². The van der Waals surface area contributed by atoms with Gasteiger partial charge in [0.15, 0.2) is 0 Å². The van der Waals surface area contributed by atoms with Crippen molar-refractivity contribution < 1.29 is 9.90 Å². The molecule has 0 aromatic heterocycles. The maximum atomic E-state index is 12.3. The van der Waals surface area contributed by atoms with Gasteiger partial charge in [0, 0.05) is 22.3 Å². The largest absolute Gasteiger partial charge is 0.394 e. The van der Waals surface area contributed by atoms with Crippen LogP contribution in [-0.2, 0) is 0 Å². The third-order valence-electron chi connectivity index (χ3n) is 3.46. The van der Waals surface area contributed by atoms with Crippen LogP contribution in [0.1, 0.15) is 25.7 Å². The quantitative estimate of drug-likeness (QED) is 0.872. The van der Waals surface area contributed by atoms with Gasteiger partial charge in [-0.1, -0.05) is 36.0 Å². The summed E-state index contributed by atoms with van der Waals surface area (Å²) in [5.41, 5.74) is 0.563. The highest BCUT2D eigenvalue weighted by atomic mass is 35.5. The van der Waals surface area contributed by atoms with Gasteiger partial charge < -0.3 is 15.3 Å². The second kappa shape index (κ2) is 7.16. The smallest absolute Gasteiger partial charge is 0.322 e. The molecule has 110 valence electrons. The highest BCUT2D eigenvalue weighted by Gasteiger charge is 2.24. The summed E-state index contributed by atoms with van der Waals surface area (Å²) in [7, 11) is 0. The fourth-order valence-corrected chi connectivity index (χ4v) is 2.98. The Bertz CT molecular complexity index is 462. The van der Waals surface area contributed by atoms with Gasteiger partial charge >= 0.3 is 6.03 Å². The SMILES string of the molecule is O=C(Nc1cc(Cl)cc(Cl)c1)N1CCCCCC1CO. The lowest BCUT2D eigenvalue weighted by molar-refractivity contribution is 0.142. The molecule has 6 heteroatoms. The van der Waals surface area contributed by atoms with Crippen molar-refractivity contribution >= 4 is 34.9 Å². The van der Waals surface area contributed by atoms with E-state index in [9.17, 15) is 9.90 Å². The summed E-state index contributed by atoms with van der Waals surface area (Å²) in [4.78, 5) is 14.0. The summed E-state index contributed by atoms with van der Waals surface area (Å²) < 4.78 is 0. The Balaban J connectivity index is 2.09. The second-order valence-electron chi connectivity index (χ2n) is 4.97. The molecule has 20 heavy (non-hydrogen) atoms. The van der Waals surface area contributed by atoms with Crippen LogP contribution in [0.2, 0.25) is 10.0 Å². The van der Waals surface area contributed by atoms with Gasteiger partial charge in [-0.25, -0.2) is 4.79 Å². The number of carbonyl (C=O) groups is 1. The van der Waals surface area contributed by atoms with Crippen molar-refractivity contribution in [2.24, 2.45) is 0 Å². The summed E-state index contributed by atoms with van der Waals surface area (Å²) in [5, 5.41) is 13.2. The summed E-state index contributed by atoms with van der Waals surface area (Å²) in [6.45, 7) is 0.648. The van der Waals surface area contributed by atoms with E-state index in [1.54, 1.807) is 23.1 Å². The van der Waals surface area contributed by atoms with Crippen molar-refractivity contribution in [3.8, 4) is 0 Å². The molecule has 2 rings (SSSR count). The Kier molecular flexibility index (Phi) is 5.52. The molecule has 0 radical (unpaired) electrons. The zero-order valence-electron chi connectivity index (χ0n) is 11.1. The van der Waals surface area contributed by atoms with Gasteiger partial charge in [0.05, 0.1) is 12.6 Å². The van der Waals surface area contributed by atoms with Crippen LogP contribution in [0.15, 0.2) is 18.2 Å². The van der Waals surface area contributed by atoms with Crippen molar-refractivity contribution in [2.45, 2.75) is 31.7 Å². The molecule has 1 saturated heterocycles. The molecule has 2 N–H and O–H groups in total. The minimum absolute atomic E-state index is 0.0102. The van der Waals surface area contributed by atoms with Crippen molar-refractivity contribution in [1.82, 2.24) is 4.90 Å². The van der Waals surface area contributed by atoms with Gasteiger partial charge in [0.1, 0.15) is 0 Å². The Morgan fingerprint density at radius 2 is 1.95 bits per heavy atom. The molecule has 1 aromatic carbocycles. The molecule has 0 saturated carbocycles. The number of rotatable bonds is 2. The number of nitrogens with zero attached hydrogens (tertiary/aromatic N) is 1. The lowest BCUT2D eigenvalue weighted by atomic mass is 10.1. The standard InChI is InChI=1S/C14H18Cl2N2O2/c15-10-6-11(16)8-12(7-10)17-14(20)18-5-3-1-2-4-13(18)9-19/h6-8,13,19H,1-5,9H2,(H,17,20). The van der Waals surface area contributed by atoms with Gasteiger partial charge in [-0.05, 0) is 31.0 Å². The molecule has 1 aliphatic heterocycles. The highest BCUT2D eigenvalue weighted by Crippen LogP contribution is 2.24. The Morgan fingerprint density at radius 1 is 1.25 bits per heavy atom. The summed E-state index contributed by atoms with van der Waals surface area (Å²) >= 11 is 11.8. The molecule has 0 spiro atoms. The van der Waals surface area contributed by atoms with E-state index in [2.05, 4.69) is 5.32 Å². The number of carbonyl (C=O) groups excluding carboxylic acids is 1. The molecular formula is C14H18Cl2N2O2. The van der Waals surface area contributed by atoms with E-state index in [4.69, 9.17) is 23.2 Å². The molecule has 1 aromatic rings. The molecule has 1 fully saturated rings. The van der Waals surface area contributed by atoms with Gasteiger partial charge in [0.25, 0.3) is 0 Å². The summed E-state index contributed by atoms with van der Waals surface area (Å²) in [6.07, 6.45) is 3.92. The number of anilines is 1. The molecule has 1 heterocycles. The Morgan fingerprint density at radius 3 is 2.60 bits per heavy atom. The third kappa shape index (κ3) is 4.01. The first-order valence-corrected chi connectivity index (χ1v) is 7.50. The number of aliphatic hydroxyl groups excluding tert-OH is 1. The van der Waals surface area contributed by atoms with Crippen molar-refractivity contribution in [3.05, 3.63) is 28.2 Å². The van der Waals surface area contributed by atoms with Crippen molar-refractivity contribution in [3.63, 3.8) is 0 Å². The van der Waals surface area contributed by atoms with Gasteiger partial charge in [0.2, 0.25) is 0 Å². The van der Waals surface area contributed by atoms with Crippen LogP contribution in [0.4, 0.5) is 10.5 Å². The Hall–Kier alpha value is -0.970. The Labute approximate surface area is 128 Å². The molecule has 1 aliphatic rings. The second-order valence-corrected chi connectivity index (χ2v) is 5.84. The minimum atomic E-state index is -0.218. The van der Waals surface area contributed by atoms with E-state index in [1.807, 2.05) is 0 Å². The molecule has 1 atom stereocenters. The average molecular weight is 317 g/mol. The predicted molar refractivity (Wildman–Crippen MR) is 81.5 cm³/mol. The first-order chi connectivity index (χ1) is 9.60. The topological polar surface area (TPSA) is 52.6 Å². The number of nitrogens with one attached hydrogen (secondary N) is 1. The fraction of sp³-hybridized carbons (Fsp3) is 0.500. The van der Waals surface area contributed by atoms with E-state index in [1.165, 1.54) is 0 Å². The number of hydrogen-bond donors (Lipinski definition) is 2. The number of benzene rings is 1. The van der Waals surface area contributed by atoms with E-state index in [-0.39, 0.29) is 18.7 Å². The zero-order valence-corrected chi connectivity index (χ0v) is 12.6. The van der Waals surface area contributed by atoms with Gasteiger partial charge in [-0.3, -0.25) is 0 Å². The maximum absolute atomic E-state index is 12.3. The lowest BCUT2D eigenvalue weighted by Gasteiger charge is -2.28. The monoisotopic (exact) mass is 316 g/mol. The number of halogens is 2. The maximum Gasteiger partial charge on any atom is 0.322 e. The van der Waals surface area contributed by atoms with Crippen LogP contribution < -0.4 is 5.32 Å². The van der Waals surface area contributed by atoms with E-state index < -0.39 is 0 Å². The van der Waals surface area contributed by atoms with Crippen LogP contribution in [0.5, 0.6) is 0 Å². The number of urea groups is 1. The predicted octanol–water partition coefficient (Wildman–Crippen LogP) is 3.76. The zero-order chi connectivity index (χ0) is 14.5. The molecule has 4 nitrogen and oxygen atoms in total. The molecule has 2 amide bonds. The summed E-state index contributed by atoms with van der Waals surface area (Å²) in [5.74, 6) is 0. The molecule has 1 unspecified atom stereocenters. The van der Waals surface area contributed by atoms with Crippen molar-refractivity contribution in [2.75, 3.05) is 18.5 Å². The highest BCUT2D eigenvalue weighted by molar-refractivity contribution is 6.35. The number of aliphatic hydroxyl groups is 1. The van der Waals surface area contributed by atoms with Crippen molar-refractivity contribution in [1.29, 1.82) is 0 Å². The minimum Gasteiger partial charge on any atom is -0.394 e. The molecule has 0 aliphatic carbocycles. The van der Waals surface area contributed by atoms with E-state index >= 15 is 0 Å². The fourth-order valence-electron chi connectivity index (χ4n) is 2.46. The number of likely N-dealkylation sites (tertiary alicyclic amines) is 1. The van der Waals surface area contributed by atoms with E-state index in [0.29, 0.717) is 22.3 Å². The molecule has 0 bridgehead atoms. The van der Waals surface area contributed by atoms with Gasteiger partial charge in [-0.2, -0.15) is 0 Å². The first kappa shape index (κ1) is 15.4. The van der Waals surface area contributed by atoms with Crippen LogP contribution >= 0.6 is 23.2 Å². The first-order valence-electron chi connectivity index (χ1n) is 6.74.